The Morgan fingerprint density at radius 2 is 2.14 bits per heavy atom. The zero-order chi connectivity index (χ0) is 10.1. The SMILES string of the molecule is Cc1[nH]c(-c2nn[nH]n2)c(C)c1C=O. The van der Waals surface area contributed by atoms with Crippen molar-refractivity contribution in [2.24, 2.45) is 0 Å². The van der Waals surface area contributed by atoms with Crippen LogP contribution >= 0.6 is 0 Å². The van der Waals surface area contributed by atoms with E-state index >= 15 is 0 Å². The minimum Gasteiger partial charge on any atom is -0.355 e. The monoisotopic (exact) mass is 191 g/mol. The molecule has 0 spiro atoms. The zero-order valence-electron chi connectivity index (χ0n) is 7.83. The van der Waals surface area contributed by atoms with E-state index in [1.54, 1.807) is 0 Å². The van der Waals surface area contributed by atoms with Crippen LogP contribution in [0, 0.1) is 13.8 Å². The first-order valence-electron chi connectivity index (χ1n) is 4.12. The third-order valence-electron chi connectivity index (χ3n) is 2.18. The zero-order valence-corrected chi connectivity index (χ0v) is 7.83. The third kappa shape index (κ3) is 1.12. The molecule has 0 aliphatic heterocycles. The molecule has 2 heterocycles. The highest BCUT2D eigenvalue weighted by Gasteiger charge is 2.14. The first-order chi connectivity index (χ1) is 6.74. The molecule has 0 aromatic carbocycles. The number of carbonyl (C=O) groups is 1. The van der Waals surface area contributed by atoms with Crippen LogP contribution in [0.25, 0.3) is 11.5 Å². The van der Waals surface area contributed by atoms with E-state index in [1.807, 2.05) is 13.8 Å². The second-order valence-electron chi connectivity index (χ2n) is 3.02. The summed E-state index contributed by atoms with van der Waals surface area (Å²) < 4.78 is 0. The Bertz CT molecular complexity index is 456. The van der Waals surface area contributed by atoms with Gasteiger partial charge in [0.2, 0.25) is 5.82 Å². The highest BCUT2D eigenvalue weighted by Crippen LogP contribution is 2.22. The molecule has 72 valence electrons. The van der Waals surface area contributed by atoms with Crippen molar-refractivity contribution in [2.45, 2.75) is 13.8 Å². The lowest BCUT2D eigenvalue weighted by molar-refractivity contribution is 0.112. The molecule has 0 aliphatic carbocycles. The van der Waals surface area contributed by atoms with E-state index in [4.69, 9.17) is 0 Å². The molecule has 0 amide bonds. The van der Waals surface area contributed by atoms with Gasteiger partial charge in [0.1, 0.15) is 0 Å². The molecule has 2 aromatic heterocycles. The minimum absolute atomic E-state index is 0.471. The first kappa shape index (κ1) is 8.61. The Labute approximate surface area is 79.7 Å². The van der Waals surface area contributed by atoms with E-state index < -0.39 is 0 Å². The van der Waals surface area contributed by atoms with Crippen LogP contribution in [0.15, 0.2) is 0 Å². The van der Waals surface area contributed by atoms with Crippen LogP contribution in [-0.2, 0) is 0 Å². The summed E-state index contributed by atoms with van der Waals surface area (Å²) in [5.74, 6) is 0.471. The fraction of sp³-hybridized carbons (Fsp3) is 0.250. The van der Waals surface area contributed by atoms with E-state index in [-0.39, 0.29) is 0 Å². The van der Waals surface area contributed by atoms with Gasteiger partial charge in [-0.2, -0.15) is 5.21 Å². The molecule has 0 atom stereocenters. The van der Waals surface area contributed by atoms with Crippen molar-refractivity contribution in [3.8, 4) is 11.5 Å². The molecule has 0 saturated carbocycles. The van der Waals surface area contributed by atoms with Crippen molar-refractivity contribution in [1.29, 1.82) is 0 Å². The fourth-order valence-electron chi connectivity index (χ4n) is 1.43. The number of hydrogen-bond acceptors (Lipinski definition) is 4. The second kappa shape index (κ2) is 3.06. The normalized spacial score (nSPS) is 10.4. The number of hydrogen-bond donors (Lipinski definition) is 2. The summed E-state index contributed by atoms with van der Waals surface area (Å²) in [7, 11) is 0. The Morgan fingerprint density at radius 3 is 2.64 bits per heavy atom. The predicted molar refractivity (Wildman–Crippen MR) is 48.8 cm³/mol. The van der Waals surface area contributed by atoms with Crippen molar-refractivity contribution in [1.82, 2.24) is 25.6 Å². The van der Waals surface area contributed by atoms with Crippen LogP contribution in [0.2, 0.25) is 0 Å². The van der Waals surface area contributed by atoms with Crippen LogP contribution in [0.1, 0.15) is 21.6 Å². The van der Waals surface area contributed by atoms with Gasteiger partial charge in [0.15, 0.2) is 6.29 Å². The number of nitrogens with zero attached hydrogens (tertiary/aromatic N) is 3. The van der Waals surface area contributed by atoms with Gasteiger partial charge < -0.3 is 4.98 Å². The van der Waals surface area contributed by atoms with E-state index in [9.17, 15) is 4.79 Å². The van der Waals surface area contributed by atoms with Gasteiger partial charge in [-0.3, -0.25) is 4.79 Å². The molecule has 0 radical (unpaired) electrons. The lowest BCUT2D eigenvalue weighted by Crippen LogP contribution is -1.85. The van der Waals surface area contributed by atoms with Crippen molar-refractivity contribution in [2.75, 3.05) is 0 Å². The largest absolute Gasteiger partial charge is 0.355 e. The van der Waals surface area contributed by atoms with Crippen LogP contribution in [0.3, 0.4) is 0 Å². The fourth-order valence-corrected chi connectivity index (χ4v) is 1.43. The lowest BCUT2D eigenvalue weighted by atomic mass is 10.1. The molecule has 14 heavy (non-hydrogen) atoms. The number of carbonyl (C=O) groups excluding carboxylic acids is 1. The number of aromatic nitrogens is 5. The predicted octanol–water partition coefficient (Wildman–Crippen LogP) is 0.624. The molecular formula is C8H9N5O. The van der Waals surface area contributed by atoms with Gasteiger partial charge in [-0.15, -0.1) is 10.2 Å². The van der Waals surface area contributed by atoms with Gasteiger partial charge in [0.25, 0.3) is 0 Å². The minimum atomic E-state index is 0.471. The number of aldehydes is 1. The molecular weight excluding hydrogens is 182 g/mol. The quantitative estimate of drug-likeness (QED) is 0.681. The number of rotatable bonds is 2. The van der Waals surface area contributed by atoms with Crippen molar-refractivity contribution in [3.05, 3.63) is 16.8 Å². The molecule has 6 heteroatoms. The molecule has 0 aliphatic rings. The Kier molecular flexibility index (Phi) is 1.88. The number of tetrazole rings is 1. The van der Waals surface area contributed by atoms with E-state index in [0.29, 0.717) is 11.4 Å². The first-order valence-corrected chi connectivity index (χ1v) is 4.12. The summed E-state index contributed by atoms with van der Waals surface area (Å²) in [5, 5.41) is 13.5. The molecule has 0 bridgehead atoms. The maximum absolute atomic E-state index is 10.7. The van der Waals surface area contributed by atoms with Crippen LogP contribution in [-0.4, -0.2) is 31.9 Å². The van der Waals surface area contributed by atoms with Crippen LogP contribution in [0.5, 0.6) is 0 Å². The molecule has 6 nitrogen and oxygen atoms in total. The van der Waals surface area contributed by atoms with Gasteiger partial charge in [-0.05, 0) is 24.6 Å². The maximum Gasteiger partial charge on any atom is 0.221 e. The van der Waals surface area contributed by atoms with Gasteiger partial charge in [-0.1, -0.05) is 0 Å². The topological polar surface area (TPSA) is 87.3 Å². The van der Waals surface area contributed by atoms with Crippen LogP contribution < -0.4 is 0 Å². The molecule has 2 N–H and O–H groups in total. The lowest BCUT2D eigenvalue weighted by Gasteiger charge is -1.90. The molecule has 2 aromatic rings. The smallest absolute Gasteiger partial charge is 0.221 e. The Hall–Kier alpha value is -1.98. The van der Waals surface area contributed by atoms with E-state index in [1.165, 1.54) is 0 Å². The molecule has 0 saturated heterocycles. The summed E-state index contributed by atoms with van der Waals surface area (Å²) in [6, 6.07) is 0. The summed E-state index contributed by atoms with van der Waals surface area (Å²) in [4.78, 5) is 13.8. The van der Waals surface area contributed by atoms with Gasteiger partial charge in [0, 0.05) is 11.3 Å². The number of H-pyrrole nitrogens is 2. The number of aromatic amines is 2. The average Bonchev–Trinajstić information content (AvgIpc) is 2.74. The van der Waals surface area contributed by atoms with E-state index in [2.05, 4.69) is 25.6 Å². The van der Waals surface area contributed by atoms with Crippen molar-refractivity contribution >= 4 is 6.29 Å². The van der Waals surface area contributed by atoms with Gasteiger partial charge in [0.05, 0.1) is 5.69 Å². The summed E-state index contributed by atoms with van der Waals surface area (Å²) in [6.07, 6.45) is 0.824. The summed E-state index contributed by atoms with van der Waals surface area (Å²) in [5.41, 5.74) is 3.05. The second-order valence-corrected chi connectivity index (χ2v) is 3.02. The molecule has 2 rings (SSSR count). The third-order valence-corrected chi connectivity index (χ3v) is 2.18. The van der Waals surface area contributed by atoms with Crippen molar-refractivity contribution < 1.29 is 4.79 Å². The summed E-state index contributed by atoms with van der Waals surface area (Å²) >= 11 is 0. The summed E-state index contributed by atoms with van der Waals surface area (Å²) in [6.45, 7) is 3.68. The maximum atomic E-state index is 10.7. The van der Waals surface area contributed by atoms with Gasteiger partial charge >= 0.3 is 0 Å². The number of nitrogens with one attached hydrogen (secondary N) is 2. The van der Waals surface area contributed by atoms with E-state index in [0.717, 1.165) is 23.2 Å². The van der Waals surface area contributed by atoms with Crippen molar-refractivity contribution in [3.63, 3.8) is 0 Å². The van der Waals surface area contributed by atoms with Gasteiger partial charge in [-0.25, -0.2) is 0 Å². The Balaban J connectivity index is 2.61. The number of aryl methyl sites for hydroxylation is 1. The highest BCUT2D eigenvalue weighted by atomic mass is 16.1. The average molecular weight is 191 g/mol. The van der Waals surface area contributed by atoms with Crippen LogP contribution in [0.4, 0.5) is 0 Å². The molecule has 0 unspecified atom stereocenters. The molecule has 0 fully saturated rings. The standard InChI is InChI=1S/C8H9N5O/c1-4-6(3-14)5(2)9-7(4)8-10-12-13-11-8/h3,9H,1-2H3,(H,10,11,12,13). The highest BCUT2D eigenvalue weighted by molar-refractivity contribution is 5.82. The Morgan fingerprint density at radius 1 is 1.36 bits per heavy atom.